The molecule has 3 nitrogen and oxygen atoms in total. The van der Waals surface area contributed by atoms with Crippen LogP contribution in [-0.2, 0) is 5.41 Å². The van der Waals surface area contributed by atoms with Gasteiger partial charge >= 0.3 is 6.03 Å². The molecule has 3 N–H and O–H groups in total. The molecule has 0 heterocycles. The van der Waals surface area contributed by atoms with Gasteiger partial charge in [-0.2, -0.15) is 0 Å². The lowest BCUT2D eigenvalue weighted by atomic mass is 9.95. The number of nitrogens with one attached hydrogen (secondary N) is 1. The van der Waals surface area contributed by atoms with E-state index in [-0.39, 0.29) is 0 Å². The summed E-state index contributed by atoms with van der Waals surface area (Å²) in [6.07, 6.45) is 1.55. The fourth-order valence-electron chi connectivity index (χ4n) is 1.87. The molecule has 1 saturated carbocycles. The molecule has 86 valence electrons. The van der Waals surface area contributed by atoms with E-state index in [1.165, 1.54) is 12.1 Å². The van der Waals surface area contributed by atoms with Gasteiger partial charge in [0, 0.05) is 18.0 Å². The summed E-state index contributed by atoms with van der Waals surface area (Å²) >= 11 is 0. The molecular weight excluding hydrogens is 214 g/mol. The van der Waals surface area contributed by atoms with E-state index in [4.69, 9.17) is 5.73 Å². The Morgan fingerprint density at radius 3 is 2.62 bits per heavy atom. The van der Waals surface area contributed by atoms with Crippen LogP contribution in [0.1, 0.15) is 18.4 Å². The van der Waals surface area contributed by atoms with Crippen molar-refractivity contribution >= 4 is 6.03 Å². The van der Waals surface area contributed by atoms with Crippen molar-refractivity contribution in [1.29, 1.82) is 0 Å². The van der Waals surface area contributed by atoms with Crippen LogP contribution in [0.5, 0.6) is 0 Å². The van der Waals surface area contributed by atoms with Gasteiger partial charge in [0.15, 0.2) is 0 Å². The molecule has 0 atom stereocenters. The summed E-state index contributed by atoms with van der Waals surface area (Å²) in [5, 5.41) is 2.47. The van der Waals surface area contributed by atoms with E-state index in [2.05, 4.69) is 5.32 Å². The van der Waals surface area contributed by atoms with Gasteiger partial charge in [-0.25, -0.2) is 13.6 Å². The number of hydrogen-bond donors (Lipinski definition) is 2. The van der Waals surface area contributed by atoms with Crippen molar-refractivity contribution < 1.29 is 13.6 Å². The first-order valence-electron chi connectivity index (χ1n) is 5.02. The average Bonchev–Trinajstić information content (AvgIpc) is 2.96. The highest BCUT2D eigenvalue weighted by molar-refractivity contribution is 5.71. The first kappa shape index (κ1) is 10.9. The Hall–Kier alpha value is -1.65. The maximum Gasteiger partial charge on any atom is 0.312 e. The first-order valence-corrected chi connectivity index (χ1v) is 5.02. The molecule has 16 heavy (non-hydrogen) atoms. The molecule has 2 amide bonds. The van der Waals surface area contributed by atoms with Crippen molar-refractivity contribution in [2.75, 3.05) is 6.54 Å². The highest BCUT2D eigenvalue weighted by Crippen LogP contribution is 2.48. The number of hydrogen-bond acceptors (Lipinski definition) is 1. The molecule has 5 heteroatoms. The number of nitrogens with two attached hydrogens (primary N) is 1. The van der Waals surface area contributed by atoms with Gasteiger partial charge in [0.1, 0.15) is 11.6 Å². The molecule has 0 aromatic heterocycles. The number of amides is 2. The van der Waals surface area contributed by atoms with E-state index in [0.717, 1.165) is 18.9 Å². The predicted molar refractivity (Wildman–Crippen MR) is 54.9 cm³/mol. The van der Waals surface area contributed by atoms with Gasteiger partial charge in [-0.15, -0.1) is 0 Å². The predicted octanol–water partition coefficient (Wildman–Crippen LogP) is 1.66. The molecule has 0 spiro atoms. The number of carbonyl (C=O) groups excluding carboxylic acids is 1. The second kappa shape index (κ2) is 3.73. The van der Waals surface area contributed by atoms with E-state index in [0.29, 0.717) is 12.1 Å². The van der Waals surface area contributed by atoms with Crippen molar-refractivity contribution in [1.82, 2.24) is 5.32 Å². The Morgan fingerprint density at radius 2 is 2.12 bits per heavy atom. The van der Waals surface area contributed by atoms with Gasteiger partial charge in [-0.1, -0.05) is 6.07 Å². The van der Waals surface area contributed by atoms with Crippen molar-refractivity contribution in [2.24, 2.45) is 5.73 Å². The topological polar surface area (TPSA) is 55.1 Å². The number of carbonyl (C=O) groups is 1. The fraction of sp³-hybridized carbons (Fsp3) is 0.364. The van der Waals surface area contributed by atoms with Crippen molar-refractivity contribution in [3.63, 3.8) is 0 Å². The fourth-order valence-corrected chi connectivity index (χ4v) is 1.87. The van der Waals surface area contributed by atoms with Crippen molar-refractivity contribution in [3.8, 4) is 0 Å². The van der Waals surface area contributed by atoms with Crippen LogP contribution in [0, 0.1) is 11.6 Å². The van der Waals surface area contributed by atoms with Crippen LogP contribution in [0.25, 0.3) is 0 Å². The minimum atomic E-state index is -0.631. The van der Waals surface area contributed by atoms with Gasteiger partial charge in [0.25, 0.3) is 0 Å². The number of primary amides is 1. The second-order valence-electron chi connectivity index (χ2n) is 4.12. The molecule has 1 aromatic rings. The molecule has 1 aromatic carbocycles. The zero-order valence-electron chi connectivity index (χ0n) is 8.59. The maximum atomic E-state index is 13.5. The van der Waals surface area contributed by atoms with Crippen LogP contribution < -0.4 is 11.1 Å². The maximum absolute atomic E-state index is 13.5. The zero-order chi connectivity index (χ0) is 11.8. The smallest absolute Gasteiger partial charge is 0.312 e. The first-order chi connectivity index (χ1) is 7.53. The molecule has 0 bridgehead atoms. The summed E-state index contributed by atoms with van der Waals surface area (Å²) in [6.45, 7) is 0.297. The molecule has 2 rings (SSSR count). The number of halogens is 2. The van der Waals surface area contributed by atoms with Crippen LogP contribution >= 0.6 is 0 Å². The van der Waals surface area contributed by atoms with Gasteiger partial charge in [0.2, 0.25) is 0 Å². The zero-order valence-corrected chi connectivity index (χ0v) is 8.59. The molecule has 0 aliphatic heterocycles. The summed E-state index contributed by atoms with van der Waals surface area (Å²) in [6, 6.07) is 2.89. The highest BCUT2D eigenvalue weighted by atomic mass is 19.1. The van der Waals surface area contributed by atoms with Crippen LogP contribution in [0.3, 0.4) is 0 Å². The number of benzene rings is 1. The van der Waals surface area contributed by atoms with Crippen molar-refractivity contribution in [2.45, 2.75) is 18.3 Å². The van der Waals surface area contributed by atoms with Gasteiger partial charge < -0.3 is 11.1 Å². The molecule has 1 fully saturated rings. The molecule has 0 saturated heterocycles. The molecular formula is C11H12F2N2O. The van der Waals surface area contributed by atoms with Crippen LogP contribution in [0.2, 0.25) is 0 Å². The minimum Gasteiger partial charge on any atom is -0.352 e. The number of urea groups is 1. The Bertz CT molecular complexity index is 430. The summed E-state index contributed by atoms with van der Waals surface area (Å²) in [5.41, 5.74) is 5.01. The molecule has 1 aliphatic carbocycles. The monoisotopic (exact) mass is 226 g/mol. The lowest BCUT2D eigenvalue weighted by Gasteiger charge is -2.16. The van der Waals surface area contributed by atoms with E-state index in [1.807, 2.05) is 0 Å². The third-order valence-corrected chi connectivity index (χ3v) is 2.96. The average molecular weight is 226 g/mol. The van der Waals surface area contributed by atoms with E-state index >= 15 is 0 Å². The van der Waals surface area contributed by atoms with Gasteiger partial charge in [0.05, 0.1) is 0 Å². The Kier molecular flexibility index (Phi) is 2.53. The Labute approximate surface area is 91.6 Å². The second-order valence-corrected chi connectivity index (χ2v) is 4.12. The Morgan fingerprint density at radius 1 is 1.44 bits per heavy atom. The van der Waals surface area contributed by atoms with Crippen LogP contribution in [-0.4, -0.2) is 12.6 Å². The summed E-state index contributed by atoms with van der Waals surface area (Å²) in [5.74, 6) is -1.16. The van der Waals surface area contributed by atoms with E-state index in [1.54, 1.807) is 0 Å². The summed E-state index contributed by atoms with van der Waals surface area (Å²) in [7, 11) is 0. The molecule has 0 unspecified atom stereocenters. The van der Waals surface area contributed by atoms with E-state index in [9.17, 15) is 13.6 Å². The quantitative estimate of drug-likeness (QED) is 0.809. The van der Waals surface area contributed by atoms with Gasteiger partial charge in [-0.05, 0) is 24.5 Å². The minimum absolute atomic E-state index is 0.297. The largest absolute Gasteiger partial charge is 0.352 e. The summed E-state index contributed by atoms with van der Waals surface area (Å²) < 4.78 is 26.3. The van der Waals surface area contributed by atoms with Crippen LogP contribution in [0.15, 0.2) is 18.2 Å². The lowest BCUT2D eigenvalue weighted by molar-refractivity contribution is 0.248. The molecule has 1 aliphatic rings. The van der Waals surface area contributed by atoms with Crippen molar-refractivity contribution in [3.05, 3.63) is 35.4 Å². The lowest BCUT2D eigenvalue weighted by Crippen LogP contribution is -2.36. The standard InChI is InChI=1S/C11H12F2N2O/c12-7-1-2-8(9(13)5-7)11(3-4-11)6-15-10(14)16/h1-2,5H,3-4,6H2,(H3,14,15,16). The third kappa shape index (κ3) is 1.98. The highest BCUT2D eigenvalue weighted by Gasteiger charge is 2.46. The number of rotatable bonds is 3. The SMILES string of the molecule is NC(=O)NCC1(c2ccc(F)cc2F)CC1. The normalized spacial score (nSPS) is 16.9. The van der Waals surface area contributed by atoms with Crippen LogP contribution in [0.4, 0.5) is 13.6 Å². The molecule has 0 radical (unpaired) electrons. The Balaban J connectivity index is 2.19. The van der Waals surface area contributed by atoms with Gasteiger partial charge in [-0.3, -0.25) is 0 Å². The third-order valence-electron chi connectivity index (χ3n) is 2.96. The van der Waals surface area contributed by atoms with E-state index < -0.39 is 23.1 Å². The summed E-state index contributed by atoms with van der Waals surface area (Å²) in [4.78, 5) is 10.6.